The lowest BCUT2D eigenvalue weighted by atomic mass is 10.3. The van der Waals surface area contributed by atoms with Crippen LogP contribution in [0.3, 0.4) is 0 Å². The summed E-state index contributed by atoms with van der Waals surface area (Å²) in [5, 5.41) is 12.3. The second-order valence-corrected chi connectivity index (χ2v) is 5.69. The molecule has 0 atom stereocenters. The minimum atomic E-state index is -3.67. The summed E-state index contributed by atoms with van der Waals surface area (Å²) >= 11 is 0. The second-order valence-electron chi connectivity index (χ2n) is 4.13. The fourth-order valence-electron chi connectivity index (χ4n) is 1.81. The van der Waals surface area contributed by atoms with Crippen LogP contribution >= 0.6 is 0 Å². The number of fused-ring (bicyclic) bond motifs is 1. The fraction of sp³-hybridized carbons (Fsp3) is 0. The summed E-state index contributed by atoms with van der Waals surface area (Å²) in [5.74, 6) is 0.725. The van der Waals surface area contributed by atoms with Crippen molar-refractivity contribution in [1.29, 1.82) is 0 Å². The molecule has 3 rings (SSSR count). The third-order valence-corrected chi connectivity index (χ3v) is 3.67. The largest absolute Gasteiger partial charge is 0.340 e. The van der Waals surface area contributed by atoms with E-state index in [1.807, 2.05) is 0 Å². The average molecular weight is 289 g/mol. The lowest BCUT2D eigenvalue weighted by Crippen LogP contribution is -2.11. The number of nitrogens with one attached hydrogen (secondary N) is 1. The van der Waals surface area contributed by atoms with E-state index in [1.54, 1.807) is 41.2 Å². The molecule has 8 heteroatoms. The van der Waals surface area contributed by atoms with E-state index >= 15 is 0 Å². The van der Waals surface area contributed by atoms with Gasteiger partial charge in [-0.1, -0.05) is 0 Å². The quantitative estimate of drug-likeness (QED) is 0.752. The molecule has 1 aromatic carbocycles. The van der Waals surface area contributed by atoms with E-state index in [9.17, 15) is 8.42 Å². The second kappa shape index (κ2) is 4.58. The topological polar surface area (TPSA) is 102 Å². The fourth-order valence-corrected chi connectivity index (χ4v) is 2.32. The maximum atomic E-state index is 11.2. The van der Waals surface area contributed by atoms with Crippen molar-refractivity contribution >= 4 is 27.2 Å². The number of nitrogens with two attached hydrogens (primary N) is 1. The molecule has 0 bridgehead atoms. The minimum Gasteiger partial charge on any atom is -0.340 e. The molecule has 0 unspecified atom stereocenters. The molecule has 0 fully saturated rings. The number of primary sulfonamides is 1. The highest BCUT2D eigenvalue weighted by molar-refractivity contribution is 7.89. The van der Waals surface area contributed by atoms with Gasteiger partial charge in [-0.15, -0.1) is 0 Å². The first-order chi connectivity index (χ1) is 9.54. The zero-order valence-electron chi connectivity index (χ0n) is 10.3. The highest BCUT2D eigenvalue weighted by Gasteiger charge is 2.07. The summed E-state index contributed by atoms with van der Waals surface area (Å²) in [6, 6.07) is 9.71. The Kier molecular flexibility index (Phi) is 2.88. The lowest BCUT2D eigenvalue weighted by Gasteiger charge is -2.08. The Bertz CT molecular complexity index is 855. The minimum absolute atomic E-state index is 0.0713. The first-order valence-corrected chi connectivity index (χ1v) is 7.27. The number of hydrogen-bond acceptors (Lipinski definition) is 5. The summed E-state index contributed by atoms with van der Waals surface area (Å²) in [5.41, 5.74) is 1.44. The summed E-state index contributed by atoms with van der Waals surface area (Å²) in [4.78, 5) is 4.23. The zero-order chi connectivity index (χ0) is 14.2. The number of rotatable bonds is 3. The maximum Gasteiger partial charge on any atom is 0.238 e. The molecule has 2 aromatic heterocycles. The first-order valence-electron chi connectivity index (χ1n) is 5.73. The monoisotopic (exact) mass is 289 g/mol. The van der Waals surface area contributed by atoms with E-state index in [0.29, 0.717) is 0 Å². The van der Waals surface area contributed by atoms with Crippen molar-refractivity contribution in [3.8, 4) is 0 Å². The smallest absolute Gasteiger partial charge is 0.238 e. The Morgan fingerprint density at radius 3 is 2.50 bits per heavy atom. The van der Waals surface area contributed by atoms with E-state index in [2.05, 4.69) is 15.4 Å². The molecule has 3 N–H and O–H groups in total. The normalized spacial score (nSPS) is 11.7. The molecule has 0 spiro atoms. The molecular formula is C12H11N5O2S. The molecule has 3 aromatic rings. The highest BCUT2D eigenvalue weighted by atomic mass is 32.2. The van der Waals surface area contributed by atoms with Gasteiger partial charge in [-0.2, -0.15) is 9.61 Å². The molecule has 0 saturated carbocycles. The van der Waals surface area contributed by atoms with Crippen LogP contribution in [0.15, 0.2) is 53.7 Å². The van der Waals surface area contributed by atoms with Crippen molar-refractivity contribution in [2.45, 2.75) is 4.90 Å². The summed E-state index contributed by atoms with van der Waals surface area (Å²) in [6.45, 7) is 0. The number of nitrogens with zero attached hydrogens (tertiary/aromatic N) is 3. The number of sulfonamides is 1. The van der Waals surface area contributed by atoms with Crippen LogP contribution in [0.1, 0.15) is 0 Å². The van der Waals surface area contributed by atoms with E-state index in [1.165, 1.54) is 12.1 Å². The van der Waals surface area contributed by atoms with Crippen molar-refractivity contribution in [2.75, 3.05) is 5.32 Å². The molecule has 102 valence electrons. The van der Waals surface area contributed by atoms with Gasteiger partial charge in [0.1, 0.15) is 5.82 Å². The highest BCUT2D eigenvalue weighted by Crippen LogP contribution is 2.18. The molecule has 0 aliphatic carbocycles. The van der Waals surface area contributed by atoms with Crippen LogP contribution in [0.2, 0.25) is 0 Å². The lowest BCUT2D eigenvalue weighted by molar-refractivity contribution is 0.598. The number of hydrogen-bond donors (Lipinski definition) is 2. The molecule has 7 nitrogen and oxygen atoms in total. The van der Waals surface area contributed by atoms with Gasteiger partial charge < -0.3 is 5.32 Å². The summed E-state index contributed by atoms with van der Waals surface area (Å²) in [6.07, 6.45) is 3.32. The Labute approximate surface area is 115 Å². The molecule has 0 aliphatic heterocycles. The van der Waals surface area contributed by atoms with Crippen molar-refractivity contribution in [1.82, 2.24) is 14.6 Å². The van der Waals surface area contributed by atoms with Crippen molar-refractivity contribution in [3.05, 3.63) is 48.8 Å². The molecule has 0 saturated heterocycles. The van der Waals surface area contributed by atoms with E-state index in [0.717, 1.165) is 17.2 Å². The van der Waals surface area contributed by atoms with Gasteiger partial charge in [0.15, 0.2) is 5.65 Å². The third kappa shape index (κ3) is 2.33. The number of anilines is 2. The van der Waals surface area contributed by atoms with Gasteiger partial charge in [0, 0.05) is 18.0 Å². The van der Waals surface area contributed by atoms with Crippen LogP contribution in [-0.4, -0.2) is 23.0 Å². The van der Waals surface area contributed by atoms with Crippen molar-refractivity contribution in [2.24, 2.45) is 5.14 Å². The van der Waals surface area contributed by atoms with Crippen molar-refractivity contribution in [3.63, 3.8) is 0 Å². The van der Waals surface area contributed by atoms with Gasteiger partial charge >= 0.3 is 0 Å². The Morgan fingerprint density at radius 1 is 1.05 bits per heavy atom. The van der Waals surface area contributed by atoms with Gasteiger partial charge in [-0.3, -0.25) is 0 Å². The summed E-state index contributed by atoms with van der Waals surface area (Å²) < 4.78 is 24.0. The van der Waals surface area contributed by atoms with Gasteiger partial charge in [0.25, 0.3) is 0 Å². The van der Waals surface area contributed by atoms with E-state index < -0.39 is 10.0 Å². The molecule has 0 radical (unpaired) electrons. The average Bonchev–Trinajstić information content (AvgIpc) is 2.88. The zero-order valence-corrected chi connectivity index (χ0v) is 11.1. The first kappa shape index (κ1) is 12.6. The number of aromatic nitrogens is 3. The third-order valence-electron chi connectivity index (χ3n) is 2.75. The molecule has 20 heavy (non-hydrogen) atoms. The van der Waals surface area contributed by atoms with Gasteiger partial charge in [0.2, 0.25) is 10.0 Å². The molecule has 0 amide bonds. The molecule has 2 heterocycles. The van der Waals surface area contributed by atoms with Crippen LogP contribution in [0.4, 0.5) is 11.5 Å². The van der Waals surface area contributed by atoms with Gasteiger partial charge in [-0.25, -0.2) is 18.5 Å². The maximum absolute atomic E-state index is 11.2. The standard InChI is InChI=1S/C12H11N5O2S/c13-20(18,19)10-3-1-9(2-4-10)16-12-5-7-14-11-6-8-15-17(11)12/h1-8,16H,(H2,13,18,19). The van der Waals surface area contributed by atoms with Crippen LogP contribution in [0, 0.1) is 0 Å². The van der Waals surface area contributed by atoms with Gasteiger partial charge in [-0.05, 0) is 30.3 Å². The van der Waals surface area contributed by atoms with Crippen LogP contribution in [-0.2, 0) is 10.0 Å². The predicted octanol–water partition coefficient (Wildman–Crippen LogP) is 1.12. The van der Waals surface area contributed by atoms with E-state index in [4.69, 9.17) is 5.14 Å². The number of benzene rings is 1. The Balaban J connectivity index is 1.93. The molecule has 0 aliphatic rings. The predicted molar refractivity (Wildman–Crippen MR) is 74.1 cm³/mol. The van der Waals surface area contributed by atoms with Crippen LogP contribution in [0.5, 0.6) is 0 Å². The van der Waals surface area contributed by atoms with Gasteiger partial charge in [0.05, 0.1) is 11.1 Å². The Hall–Kier alpha value is -2.45. The van der Waals surface area contributed by atoms with Crippen LogP contribution < -0.4 is 10.5 Å². The van der Waals surface area contributed by atoms with Crippen molar-refractivity contribution < 1.29 is 8.42 Å². The summed E-state index contributed by atoms with van der Waals surface area (Å²) in [7, 11) is -3.67. The van der Waals surface area contributed by atoms with E-state index in [-0.39, 0.29) is 4.90 Å². The van der Waals surface area contributed by atoms with Crippen LogP contribution in [0.25, 0.3) is 5.65 Å². The molecular weight excluding hydrogens is 278 g/mol. The SMILES string of the molecule is NS(=O)(=O)c1ccc(Nc2ccnc3ccnn23)cc1. The Morgan fingerprint density at radius 2 is 1.80 bits per heavy atom.